The van der Waals surface area contributed by atoms with Crippen LogP contribution < -0.4 is 4.18 Å². The van der Waals surface area contributed by atoms with E-state index in [1.54, 1.807) is 12.1 Å². The minimum atomic E-state index is -3.97. The predicted octanol–water partition coefficient (Wildman–Crippen LogP) is 3.17. The number of halogens is 1. The van der Waals surface area contributed by atoms with Crippen molar-refractivity contribution >= 4 is 22.0 Å². The highest BCUT2D eigenvalue weighted by Gasteiger charge is 2.13. The third-order valence-electron chi connectivity index (χ3n) is 1.99. The van der Waals surface area contributed by atoms with Crippen molar-refractivity contribution in [2.24, 2.45) is 0 Å². The Kier molecular flexibility index (Phi) is 5.74. The summed E-state index contributed by atoms with van der Waals surface area (Å²) in [7, 11) is -3.97. The van der Waals surface area contributed by atoms with Crippen molar-refractivity contribution in [3.63, 3.8) is 0 Å². The predicted molar refractivity (Wildman–Crippen MR) is 66.5 cm³/mol. The molecule has 0 atom stereocenters. The van der Waals surface area contributed by atoms with E-state index in [-0.39, 0.29) is 12.4 Å². The van der Waals surface area contributed by atoms with Crippen LogP contribution in [0.2, 0.25) is 5.02 Å². The first-order valence-corrected chi connectivity index (χ1v) is 7.09. The summed E-state index contributed by atoms with van der Waals surface area (Å²) in [5, 5.41) is 0.513. The Balaban J connectivity index is 2.46. The molecule has 0 saturated carbocycles. The molecule has 0 aliphatic heterocycles. The molecule has 0 bridgehead atoms. The second-order valence-corrected chi connectivity index (χ2v) is 5.13. The Bertz CT molecular complexity index is 427. The van der Waals surface area contributed by atoms with Gasteiger partial charge in [-0.1, -0.05) is 31.4 Å². The van der Waals surface area contributed by atoms with Crippen LogP contribution in [0.25, 0.3) is 0 Å². The minimum Gasteiger partial charge on any atom is -0.362 e. The van der Waals surface area contributed by atoms with Crippen LogP contribution in [0.5, 0.6) is 5.75 Å². The second-order valence-electron chi connectivity index (χ2n) is 3.47. The van der Waals surface area contributed by atoms with Gasteiger partial charge in [0.2, 0.25) is 0 Å². The van der Waals surface area contributed by atoms with Crippen LogP contribution in [-0.2, 0) is 14.6 Å². The Labute approximate surface area is 107 Å². The molecular formula is C11H15ClO4S. The van der Waals surface area contributed by atoms with E-state index in [1.165, 1.54) is 12.1 Å². The monoisotopic (exact) mass is 278 g/mol. The van der Waals surface area contributed by atoms with E-state index in [2.05, 4.69) is 4.18 Å². The fourth-order valence-electron chi connectivity index (χ4n) is 1.15. The van der Waals surface area contributed by atoms with Crippen LogP contribution in [0.3, 0.4) is 0 Å². The standard InChI is InChI=1S/C11H15ClO4S/c1-2-3-4-9-15-17(13,14)16-11-7-5-10(12)6-8-11/h5-8H,2-4,9H2,1H3. The fourth-order valence-corrected chi connectivity index (χ4v) is 1.99. The molecule has 17 heavy (non-hydrogen) atoms. The summed E-state index contributed by atoms with van der Waals surface area (Å²) in [4.78, 5) is 0. The molecule has 1 rings (SSSR count). The molecular weight excluding hydrogens is 264 g/mol. The number of unbranched alkanes of at least 4 members (excludes halogenated alkanes) is 2. The molecule has 96 valence electrons. The van der Waals surface area contributed by atoms with Crippen molar-refractivity contribution in [3.05, 3.63) is 29.3 Å². The number of hydrogen-bond acceptors (Lipinski definition) is 4. The third kappa shape index (κ3) is 5.91. The van der Waals surface area contributed by atoms with E-state index in [1.807, 2.05) is 6.92 Å². The van der Waals surface area contributed by atoms with Gasteiger partial charge in [-0.2, -0.15) is 8.42 Å². The first kappa shape index (κ1) is 14.3. The Hall–Kier alpha value is -0.780. The van der Waals surface area contributed by atoms with Gasteiger partial charge in [0.05, 0.1) is 6.61 Å². The molecule has 0 saturated heterocycles. The molecule has 0 N–H and O–H groups in total. The van der Waals surface area contributed by atoms with Crippen LogP contribution in [0.4, 0.5) is 0 Å². The Morgan fingerprint density at radius 2 is 1.82 bits per heavy atom. The highest BCUT2D eigenvalue weighted by atomic mass is 35.5. The summed E-state index contributed by atoms with van der Waals surface area (Å²) in [6, 6.07) is 6.03. The zero-order valence-corrected chi connectivity index (χ0v) is 11.1. The van der Waals surface area contributed by atoms with E-state index < -0.39 is 10.4 Å². The highest BCUT2D eigenvalue weighted by Crippen LogP contribution is 2.17. The molecule has 0 aromatic heterocycles. The van der Waals surface area contributed by atoms with Gasteiger partial charge in [0, 0.05) is 5.02 Å². The van der Waals surface area contributed by atoms with Gasteiger partial charge in [0.15, 0.2) is 0 Å². The van der Waals surface area contributed by atoms with Gasteiger partial charge in [0.1, 0.15) is 5.75 Å². The van der Waals surface area contributed by atoms with Gasteiger partial charge in [-0.3, -0.25) is 0 Å². The van der Waals surface area contributed by atoms with Gasteiger partial charge in [0.25, 0.3) is 0 Å². The molecule has 0 fully saturated rings. The van der Waals surface area contributed by atoms with Crippen molar-refractivity contribution in [1.82, 2.24) is 0 Å². The summed E-state index contributed by atoms with van der Waals surface area (Å²) in [6.07, 6.45) is 2.62. The van der Waals surface area contributed by atoms with Crippen LogP contribution in [0.15, 0.2) is 24.3 Å². The maximum absolute atomic E-state index is 11.4. The van der Waals surface area contributed by atoms with E-state index in [9.17, 15) is 8.42 Å². The van der Waals surface area contributed by atoms with Gasteiger partial charge in [-0.15, -0.1) is 0 Å². The molecule has 0 aliphatic carbocycles. The van der Waals surface area contributed by atoms with Gasteiger partial charge in [-0.25, -0.2) is 4.18 Å². The first-order valence-electron chi connectivity index (χ1n) is 5.38. The van der Waals surface area contributed by atoms with Crippen LogP contribution >= 0.6 is 11.6 Å². The van der Waals surface area contributed by atoms with Crippen LogP contribution in [-0.4, -0.2) is 15.0 Å². The first-order chi connectivity index (χ1) is 8.03. The molecule has 0 amide bonds. The fraction of sp³-hybridized carbons (Fsp3) is 0.455. The normalized spacial score (nSPS) is 11.4. The van der Waals surface area contributed by atoms with Crippen LogP contribution in [0.1, 0.15) is 26.2 Å². The summed E-state index contributed by atoms with van der Waals surface area (Å²) in [6.45, 7) is 2.17. The lowest BCUT2D eigenvalue weighted by atomic mass is 10.3. The van der Waals surface area contributed by atoms with E-state index >= 15 is 0 Å². The molecule has 0 radical (unpaired) electrons. The Morgan fingerprint density at radius 3 is 2.41 bits per heavy atom. The molecule has 6 heteroatoms. The number of benzene rings is 1. The molecule has 0 heterocycles. The number of rotatable bonds is 7. The lowest BCUT2D eigenvalue weighted by molar-refractivity contribution is 0.267. The van der Waals surface area contributed by atoms with Crippen molar-refractivity contribution in [2.45, 2.75) is 26.2 Å². The largest absolute Gasteiger partial charge is 0.449 e. The molecule has 1 aromatic rings. The van der Waals surface area contributed by atoms with Crippen molar-refractivity contribution in [1.29, 1.82) is 0 Å². The van der Waals surface area contributed by atoms with Crippen molar-refractivity contribution in [3.8, 4) is 5.75 Å². The molecule has 4 nitrogen and oxygen atoms in total. The summed E-state index contributed by atoms with van der Waals surface area (Å²) < 4.78 is 32.2. The highest BCUT2D eigenvalue weighted by molar-refractivity contribution is 7.82. The summed E-state index contributed by atoms with van der Waals surface area (Å²) >= 11 is 5.67. The van der Waals surface area contributed by atoms with E-state index in [0.717, 1.165) is 12.8 Å². The molecule has 0 spiro atoms. The summed E-state index contributed by atoms with van der Waals surface area (Å²) in [5.41, 5.74) is 0. The topological polar surface area (TPSA) is 52.6 Å². The lowest BCUT2D eigenvalue weighted by Crippen LogP contribution is -2.14. The smallest absolute Gasteiger partial charge is 0.362 e. The molecule has 0 aliphatic rings. The van der Waals surface area contributed by atoms with Gasteiger partial charge >= 0.3 is 10.4 Å². The van der Waals surface area contributed by atoms with Crippen LogP contribution in [0, 0.1) is 0 Å². The summed E-state index contributed by atoms with van der Waals surface area (Å²) in [5.74, 6) is 0.185. The van der Waals surface area contributed by atoms with Crippen molar-refractivity contribution < 1.29 is 16.8 Å². The maximum Gasteiger partial charge on any atom is 0.449 e. The van der Waals surface area contributed by atoms with Gasteiger partial charge in [-0.05, 0) is 30.7 Å². The lowest BCUT2D eigenvalue weighted by Gasteiger charge is -2.06. The average molecular weight is 279 g/mol. The average Bonchev–Trinajstić information content (AvgIpc) is 2.27. The second kappa shape index (κ2) is 6.83. The Morgan fingerprint density at radius 1 is 1.18 bits per heavy atom. The minimum absolute atomic E-state index is 0.143. The van der Waals surface area contributed by atoms with E-state index in [0.29, 0.717) is 11.4 Å². The molecule has 0 unspecified atom stereocenters. The van der Waals surface area contributed by atoms with Crippen molar-refractivity contribution in [2.75, 3.05) is 6.61 Å². The van der Waals surface area contributed by atoms with E-state index in [4.69, 9.17) is 15.8 Å². The quantitative estimate of drug-likeness (QED) is 0.719. The number of hydrogen-bond donors (Lipinski definition) is 0. The zero-order chi connectivity index (χ0) is 12.7. The van der Waals surface area contributed by atoms with Gasteiger partial charge < -0.3 is 4.18 Å². The third-order valence-corrected chi connectivity index (χ3v) is 3.09. The SMILES string of the molecule is CCCCCOS(=O)(=O)Oc1ccc(Cl)cc1. The zero-order valence-electron chi connectivity index (χ0n) is 9.56. The maximum atomic E-state index is 11.4. The molecule has 1 aromatic carbocycles.